The molecule has 1 aromatic carbocycles. The fourth-order valence-electron chi connectivity index (χ4n) is 1.48. The van der Waals surface area contributed by atoms with Crippen molar-refractivity contribution in [2.45, 2.75) is 16.8 Å². The van der Waals surface area contributed by atoms with E-state index in [1.165, 1.54) is 30.8 Å². The first-order valence-corrected chi connectivity index (χ1v) is 6.13. The third kappa shape index (κ3) is 3.14. The Morgan fingerprint density at radius 3 is 2.74 bits per heavy atom. The van der Waals surface area contributed by atoms with Crippen LogP contribution >= 0.6 is 11.8 Å². The molecule has 0 saturated heterocycles. The van der Waals surface area contributed by atoms with Gasteiger partial charge in [0.15, 0.2) is 5.78 Å². The van der Waals surface area contributed by atoms with Gasteiger partial charge in [0.1, 0.15) is 5.03 Å². The highest BCUT2D eigenvalue weighted by Gasteiger charge is 2.17. The Morgan fingerprint density at radius 1 is 1.37 bits per heavy atom. The van der Waals surface area contributed by atoms with Gasteiger partial charge in [-0.05, 0) is 19.1 Å². The largest absolute Gasteiger partial charge is 0.294 e. The van der Waals surface area contributed by atoms with Crippen molar-refractivity contribution in [3.05, 3.63) is 52.5 Å². The molecule has 0 amide bonds. The molecule has 1 heterocycles. The van der Waals surface area contributed by atoms with E-state index in [4.69, 9.17) is 0 Å². The van der Waals surface area contributed by atoms with Crippen molar-refractivity contribution in [3.63, 3.8) is 0 Å². The zero-order valence-corrected chi connectivity index (χ0v) is 10.8. The lowest BCUT2D eigenvalue weighted by atomic mass is 10.1. The molecule has 0 atom stereocenters. The van der Waals surface area contributed by atoms with Crippen molar-refractivity contribution in [1.82, 2.24) is 9.97 Å². The van der Waals surface area contributed by atoms with Crippen molar-refractivity contribution in [2.24, 2.45) is 0 Å². The van der Waals surface area contributed by atoms with Crippen LogP contribution in [-0.2, 0) is 0 Å². The number of rotatable bonds is 4. The highest BCUT2D eigenvalue weighted by Crippen LogP contribution is 2.29. The molecule has 0 aliphatic carbocycles. The third-order valence-electron chi connectivity index (χ3n) is 2.31. The zero-order valence-electron chi connectivity index (χ0n) is 9.94. The summed E-state index contributed by atoms with van der Waals surface area (Å²) in [5.74, 6) is -0.340. The van der Waals surface area contributed by atoms with Crippen LogP contribution in [0.4, 0.5) is 5.69 Å². The zero-order chi connectivity index (χ0) is 13.8. The summed E-state index contributed by atoms with van der Waals surface area (Å²) in [6.45, 7) is 1.30. The number of aromatic nitrogens is 2. The smallest absolute Gasteiger partial charge is 0.280 e. The van der Waals surface area contributed by atoms with Gasteiger partial charge in [0.05, 0.1) is 16.7 Å². The van der Waals surface area contributed by atoms with E-state index in [1.807, 2.05) is 0 Å². The fourth-order valence-corrected chi connectivity index (χ4v) is 2.26. The Bertz CT molecular complexity index is 631. The summed E-state index contributed by atoms with van der Waals surface area (Å²) < 4.78 is 0. The molecule has 0 aliphatic heterocycles. The molecule has 0 radical (unpaired) electrons. The van der Waals surface area contributed by atoms with Gasteiger partial charge in [-0.2, -0.15) is 0 Å². The maximum atomic E-state index is 11.4. The first-order valence-electron chi connectivity index (χ1n) is 5.31. The quantitative estimate of drug-likeness (QED) is 0.484. The molecule has 2 aromatic rings. The first kappa shape index (κ1) is 13.2. The van der Waals surface area contributed by atoms with E-state index in [0.29, 0.717) is 9.92 Å². The Morgan fingerprint density at radius 2 is 2.16 bits per heavy atom. The SMILES string of the molecule is CC(=O)c1cc(Sc2cnccn2)ccc1[N+](=O)[O-]. The van der Waals surface area contributed by atoms with Gasteiger partial charge in [0.2, 0.25) is 0 Å². The van der Waals surface area contributed by atoms with Gasteiger partial charge in [-0.25, -0.2) is 4.98 Å². The van der Waals surface area contributed by atoms with E-state index >= 15 is 0 Å². The molecular formula is C12H9N3O3S. The molecule has 0 aliphatic rings. The highest BCUT2D eigenvalue weighted by molar-refractivity contribution is 7.99. The summed E-state index contributed by atoms with van der Waals surface area (Å²) in [5.41, 5.74) is -0.0881. The van der Waals surface area contributed by atoms with Crippen LogP contribution in [0.5, 0.6) is 0 Å². The minimum Gasteiger partial charge on any atom is -0.294 e. The number of nitrogens with zero attached hydrogens (tertiary/aromatic N) is 3. The fraction of sp³-hybridized carbons (Fsp3) is 0.0833. The van der Waals surface area contributed by atoms with E-state index in [2.05, 4.69) is 9.97 Å². The van der Waals surface area contributed by atoms with Crippen LogP contribution in [-0.4, -0.2) is 20.7 Å². The monoisotopic (exact) mass is 275 g/mol. The highest BCUT2D eigenvalue weighted by atomic mass is 32.2. The maximum Gasteiger partial charge on any atom is 0.280 e. The van der Waals surface area contributed by atoms with Gasteiger partial charge in [0, 0.05) is 23.4 Å². The number of benzene rings is 1. The normalized spacial score (nSPS) is 10.2. The average Bonchev–Trinajstić information content (AvgIpc) is 2.39. The van der Waals surface area contributed by atoms with Gasteiger partial charge in [-0.3, -0.25) is 19.9 Å². The maximum absolute atomic E-state index is 11.4. The summed E-state index contributed by atoms with van der Waals surface area (Å²) in [5, 5.41) is 11.5. The summed E-state index contributed by atoms with van der Waals surface area (Å²) in [7, 11) is 0. The van der Waals surface area contributed by atoms with Crippen LogP contribution in [0.25, 0.3) is 0 Å². The summed E-state index contributed by atoms with van der Waals surface area (Å²) >= 11 is 1.29. The number of carbonyl (C=O) groups excluding carboxylic acids is 1. The average molecular weight is 275 g/mol. The standard InChI is InChI=1S/C12H9N3O3S/c1-8(16)10-6-9(2-3-11(10)15(17)18)19-12-7-13-4-5-14-12/h2-7H,1H3. The second-order valence-electron chi connectivity index (χ2n) is 3.64. The Kier molecular flexibility index (Phi) is 3.86. The molecule has 1 aromatic heterocycles. The van der Waals surface area contributed by atoms with Gasteiger partial charge in [0.25, 0.3) is 5.69 Å². The number of ketones is 1. The number of hydrogen-bond acceptors (Lipinski definition) is 6. The van der Waals surface area contributed by atoms with E-state index in [9.17, 15) is 14.9 Å². The molecule has 0 bridgehead atoms. The predicted octanol–water partition coefficient (Wildman–Crippen LogP) is 2.74. The molecule has 6 nitrogen and oxygen atoms in total. The lowest BCUT2D eigenvalue weighted by Gasteiger charge is -2.03. The molecule has 2 rings (SSSR count). The van der Waals surface area contributed by atoms with Crippen molar-refractivity contribution < 1.29 is 9.72 Å². The second-order valence-corrected chi connectivity index (χ2v) is 4.73. The molecule has 0 fully saturated rings. The van der Waals surface area contributed by atoms with Gasteiger partial charge < -0.3 is 0 Å². The van der Waals surface area contributed by atoms with E-state index in [0.717, 1.165) is 0 Å². The van der Waals surface area contributed by atoms with Crippen LogP contribution in [0, 0.1) is 10.1 Å². The number of hydrogen-bond donors (Lipinski definition) is 0. The van der Waals surface area contributed by atoms with Crippen LogP contribution in [0.15, 0.2) is 46.7 Å². The number of Topliss-reactive ketones (excluding diaryl/α,β-unsaturated/α-hetero) is 1. The molecule has 0 spiro atoms. The lowest BCUT2D eigenvalue weighted by molar-refractivity contribution is -0.385. The number of carbonyl (C=O) groups is 1. The van der Waals surface area contributed by atoms with Crippen LogP contribution in [0.3, 0.4) is 0 Å². The first-order chi connectivity index (χ1) is 9.08. The van der Waals surface area contributed by atoms with Gasteiger partial charge in [-0.1, -0.05) is 11.8 Å². The Labute approximate surface area is 113 Å². The van der Waals surface area contributed by atoms with Gasteiger partial charge in [-0.15, -0.1) is 0 Å². The molecule has 0 saturated carbocycles. The van der Waals surface area contributed by atoms with Crippen LogP contribution in [0.1, 0.15) is 17.3 Å². The van der Waals surface area contributed by atoms with Crippen molar-refractivity contribution in [2.75, 3.05) is 0 Å². The molecule has 96 valence electrons. The third-order valence-corrected chi connectivity index (χ3v) is 3.22. The minimum atomic E-state index is -0.562. The van der Waals surface area contributed by atoms with E-state index < -0.39 is 4.92 Å². The minimum absolute atomic E-state index is 0.0962. The van der Waals surface area contributed by atoms with Crippen LogP contribution < -0.4 is 0 Å². The number of nitro benzene ring substituents is 1. The van der Waals surface area contributed by atoms with Crippen molar-refractivity contribution in [3.8, 4) is 0 Å². The van der Waals surface area contributed by atoms with E-state index in [-0.39, 0.29) is 17.0 Å². The van der Waals surface area contributed by atoms with Gasteiger partial charge >= 0.3 is 0 Å². The Hall–Kier alpha value is -2.28. The molecule has 7 heteroatoms. The Balaban J connectivity index is 2.36. The van der Waals surface area contributed by atoms with Crippen molar-refractivity contribution >= 4 is 23.2 Å². The molecule has 0 N–H and O–H groups in total. The summed E-state index contributed by atoms with van der Waals surface area (Å²) in [6, 6.07) is 4.42. The summed E-state index contributed by atoms with van der Waals surface area (Å²) in [6.07, 6.45) is 4.69. The van der Waals surface area contributed by atoms with Crippen LogP contribution in [0.2, 0.25) is 0 Å². The lowest BCUT2D eigenvalue weighted by Crippen LogP contribution is -2.00. The molecule has 0 unspecified atom stereocenters. The second kappa shape index (κ2) is 5.57. The molecule has 19 heavy (non-hydrogen) atoms. The topological polar surface area (TPSA) is 86.0 Å². The summed E-state index contributed by atoms with van der Waals surface area (Å²) in [4.78, 5) is 30.4. The van der Waals surface area contributed by atoms with E-state index in [1.54, 1.807) is 24.7 Å². The molecular weight excluding hydrogens is 266 g/mol. The number of nitro groups is 1. The van der Waals surface area contributed by atoms with Crippen molar-refractivity contribution in [1.29, 1.82) is 0 Å². The predicted molar refractivity (Wildman–Crippen MR) is 69.3 cm³/mol.